The number of carbonyl (C=O) groups is 2. The minimum Gasteiger partial charge on any atom is -0.444 e. The molecule has 0 unspecified atom stereocenters. The second-order valence-electron chi connectivity index (χ2n) is 8.68. The average Bonchev–Trinajstić information content (AvgIpc) is 2.81. The first-order valence-corrected chi connectivity index (χ1v) is 10.9. The van der Waals surface area contributed by atoms with E-state index in [4.69, 9.17) is 4.74 Å². The molecule has 7 heteroatoms. The predicted molar refractivity (Wildman–Crippen MR) is 132 cm³/mol. The zero-order valence-corrected chi connectivity index (χ0v) is 19.8. The van der Waals surface area contributed by atoms with E-state index in [0.717, 1.165) is 16.7 Å². The number of rotatable bonds is 5. The molecule has 174 valence electrons. The number of nitrogens with one attached hydrogen (secondary N) is 1. The maximum Gasteiger partial charge on any atom is 0.410 e. The Morgan fingerprint density at radius 3 is 2.38 bits per heavy atom. The minimum absolute atomic E-state index is 0.0991. The molecule has 0 radical (unpaired) electrons. The van der Waals surface area contributed by atoms with Gasteiger partial charge in [-0.25, -0.2) is 9.78 Å². The summed E-state index contributed by atoms with van der Waals surface area (Å²) in [5.41, 5.74) is 2.59. The van der Waals surface area contributed by atoms with Gasteiger partial charge in [-0.15, -0.1) is 0 Å². The Labute approximate surface area is 200 Å². The maximum atomic E-state index is 12.6. The normalized spacial score (nSPS) is 10.6. The third-order valence-electron chi connectivity index (χ3n) is 4.59. The second kappa shape index (κ2) is 11.1. The molecule has 0 saturated heterocycles. The lowest BCUT2D eigenvalue weighted by Crippen LogP contribution is -2.35. The van der Waals surface area contributed by atoms with E-state index >= 15 is 0 Å². The van der Waals surface area contributed by atoms with Crippen LogP contribution in [0.15, 0.2) is 67.0 Å². The summed E-state index contributed by atoms with van der Waals surface area (Å²) in [6, 6.07) is 17.0. The molecule has 1 N–H and O–H groups in total. The summed E-state index contributed by atoms with van der Waals surface area (Å²) in [5, 5.41) is 2.82. The zero-order valence-electron chi connectivity index (χ0n) is 19.8. The van der Waals surface area contributed by atoms with Gasteiger partial charge in [0.1, 0.15) is 17.1 Å². The van der Waals surface area contributed by atoms with Crippen LogP contribution in [0.5, 0.6) is 0 Å². The van der Waals surface area contributed by atoms with Crippen molar-refractivity contribution in [3.05, 3.63) is 78.2 Å². The van der Waals surface area contributed by atoms with Crippen molar-refractivity contribution in [2.75, 3.05) is 18.9 Å². The standard InChI is InChI=1S/C27H28N4O3/c1-27(2,3)34-26(33)31(4)17-14-25(32)30-24-19-22(21-12-15-28-16-13-21)18-23(29-24)11-10-20-8-6-5-7-9-20/h5-9,12-13,15-16,18-19H,14,17H2,1-4H3,(H,29,30,32). The summed E-state index contributed by atoms with van der Waals surface area (Å²) in [7, 11) is 1.60. The molecule has 2 amide bonds. The number of hydrogen-bond acceptors (Lipinski definition) is 5. The summed E-state index contributed by atoms with van der Waals surface area (Å²) in [6.07, 6.45) is 3.03. The van der Waals surface area contributed by atoms with Gasteiger partial charge in [0.25, 0.3) is 0 Å². The smallest absolute Gasteiger partial charge is 0.410 e. The Morgan fingerprint density at radius 2 is 1.71 bits per heavy atom. The lowest BCUT2D eigenvalue weighted by Gasteiger charge is -2.24. The van der Waals surface area contributed by atoms with Crippen molar-refractivity contribution in [2.45, 2.75) is 32.8 Å². The van der Waals surface area contributed by atoms with E-state index in [2.05, 4.69) is 27.1 Å². The van der Waals surface area contributed by atoms with E-state index in [-0.39, 0.29) is 18.9 Å². The number of anilines is 1. The number of hydrogen-bond donors (Lipinski definition) is 1. The van der Waals surface area contributed by atoms with Gasteiger partial charge >= 0.3 is 6.09 Å². The highest BCUT2D eigenvalue weighted by Gasteiger charge is 2.20. The van der Waals surface area contributed by atoms with Crippen molar-refractivity contribution in [1.82, 2.24) is 14.9 Å². The fraction of sp³-hybridized carbons (Fsp3) is 0.259. The Balaban J connectivity index is 1.75. The second-order valence-corrected chi connectivity index (χ2v) is 8.68. The molecular formula is C27H28N4O3. The first kappa shape index (κ1) is 24.5. The number of aromatic nitrogens is 2. The summed E-state index contributed by atoms with van der Waals surface area (Å²) in [4.78, 5) is 34.6. The Bertz CT molecular complexity index is 1190. The summed E-state index contributed by atoms with van der Waals surface area (Å²) < 4.78 is 5.32. The van der Waals surface area contributed by atoms with E-state index < -0.39 is 11.7 Å². The Kier molecular flexibility index (Phi) is 7.99. The molecule has 0 atom stereocenters. The molecule has 3 aromatic rings. The van der Waals surface area contributed by atoms with Crippen LogP contribution in [0.3, 0.4) is 0 Å². The molecule has 1 aromatic carbocycles. The number of nitrogens with zero attached hydrogens (tertiary/aromatic N) is 3. The van der Waals surface area contributed by atoms with Crippen molar-refractivity contribution in [2.24, 2.45) is 0 Å². The van der Waals surface area contributed by atoms with Crippen LogP contribution in [-0.2, 0) is 9.53 Å². The third kappa shape index (κ3) is 7.75. The lowest BCUT2D eigenvalue weighted by molar-refractivity contribution is -0.116. The lowest BCUT2D eigenvalue weighted by atomic mass is 10.1. The molecule has 0 bridgehead atoms. The van der Waals surface area contributed by atoms with Crippen molar-refractivity contribution >= 4 is 17.8 Å². The van der Waals surface area contributed by atoms with E-state index in [1.54, 1.807) is 46.3 Å². The molecule has 0 aliphatic rings. The summed E-state index contributed by atoms with van der Waals surface area (Å²) in [5.74, 6) is 6.29. The van der Waals surface area contributed by atoms with Crippen LogP contribution < -0.4 is 5.32 Å². The van der Waals surface area contributed by atoms with Crippen LogP contribution in [0.25, 0.3) is 11.1 Å². The number of ether oxygens (including phenoxy) is 1. The molecule has 34 heavy (non-hydrogen) atoms. The van der Waals surface area contributed by atoms with Gasteiger partial charge in [-0.2, -0.15) is 0 Å². The number of pyridine rings is 2. The van der Waals surface area contributed by atoms with Crippen LogP contribution >= 0.6 is 0 Å². The van der Waals surface area contributed by atoms with Gasteiger partial charge in [0.2, 0.25) is 5.91 Å². The molecule has 0 saturated carbocycles. The Morgan fingerprint density at radius 1 is 1.00 bits per heavy atom. The highest BCUT2D eigenvalue weighted by Crippen LogP contribution is 2.22. The van der Waals surface area contributed by atoms with E-state index in [0.29, 0.717) is 11.5 Å². The number of benzene rings is 1. The van der Waals surface area contributed by atoms with E-state index in [1.165, 1.54) is 4.90 Å². The molecule has 2 heterocycles. The molecule has 0 spiro atoms. The fourth-order valence-corrected chi connectivity index (χ4v) is 2.93. The number of amides is 2. The summed E-state index contributed by atoms with van der Waals surface area (Å²) >= 11 is 0. The predicted octanol–water partition coefficient (Wildman–Crippen LogP) is 4.74. The molecule has 0 aliphatic carbocycles. The monoisotopic (exact) mass is 456 g/mol. The minimum atomic E-state index is -0.595. The Hall–Kier alpha value is -4.18. The van der Waals surface area contributed by atoms with Gasteiger partial charge in [-0.3, -0.25) is 9.78 Å². The average molecular weight is 457 g/mol. The van der Waals surface area contributed by atoms with Crippen molar-refractivity contribution < 1.29 is 14.3 Å². The SMILES string of the molecule is CN(CCC(=O)Nc1cc(-c2ccncc2)cc(C#Cc2ccccc2)n1)C(=O)OC(C)(C)C. The molecular weight excluding hydrogens is 428 g/mol. The zero-order chi connectivity index (χ0) is 24.6. The fourth-order valence-electron chi connectivity index (χ4n) is 2.93. The first-order valence-electron chi connectivity index (χ1n) is 10.9. The van der Waals surface area contributed by atoms with Crippen molar-refractivity contribution in [3.8, 4) is 23.0 Å². The quantitative estimate of drug-likeness (QED) is 0.561. The molecule has 7 nitrogen and oxygen atoms in total. The molecule has 0 aliphatic heterocycles. The van der Waals surface area contributed by atoms with Gasteiger partial charge < -0.3 is 15.0 Å². The van der Waals surface area contributed by atoms with E-state index in [9.17, 15) is 9.59 Å². The largest absolute Gasteiger partial charge is 0.444 e. The van der Waals surface area contributed by atoms with Gasteiger partial charge in [-0.05, 0) is 74.2 Å². The number of carbonyl (C=O) groups excluding carboxylic acids is 2. The molecule has 3 rings (SSSR count). The maximum absolute atomic E-state index is 12.6. The topological polar surface area (TPSA) is 84.4 Å². The third-order valence-corrected chi connectivity index (χ3v) is 4.59. The van der Waals surface area contributed by atoms with Gasteiger partial charge in [0, 0.05) is 38.0 Å². The summed E-state index contributed by atoms with van der Waals surface area (Å²) in [6.45, 7) is 5.60. The van der Waals surface area contributed by atoms with Crippen molar-refractivity contribution in [1.29, 1.82) is 0 Å². The van der Waals surface area contributed by atoms with Crippen LogP contribution in [0, 0.1) is 11.8 Å². The highest BCUT2D eigenvalue weighted by atomic mass is 16.6. The van der Waals surface area contributed by atoms with Crippen LogP contribution in [0.4, 0.5) is 10.6 Å². The van der Waals surface area contributed by atoms with Crippen molar-refractivity contribution in [3.63, 3.8) is 0 Å². The van der Waals surface area contributed by atoms with Crippen LogP contribution in [-0.4, -0.2) is 46.1 Å². The first-order chi connectivity index (χ1) is 16.2. The molecule has 0 fully saturated rings. The van der Waals surface area contributed by atoms with Crippen LogP contribution in [0.2, 0.25) is 0 Å². The van der Waals surface area contributed by atoms with E-state index in [1.807, 2.05) is 48.5 Å². The highest BCUT2D eigenvalue weighted by molar-refractivity contribution is 5.91. The van der Waals surface area contributed by atoms with Gasteiger partial charge in [0.05, 0.1) is 0 Å². The van der Waals surface area contributed by atoms with Crippen LogP contribution in [0.1, 0.15) is 38.4 Å². The van der Waals surface area contributed by atoms with Gasteiger partial charge in [-0.1, -0.05) is 24.1 Å². The van der Waals surface area contributed by atoms with Gasteiger partial charge in [0.15, 0.2) is 0 Å². The molecule has 2 aromatic heterocycles.